The van der Waals surface area contributed by atoms with Crippen LogP contribution in [0.5, 0.6) is 0 Å². The fourth-order valence-corrected chi connectivity index (χ4v) is 0.941. The van der Waals surface area contributed by atoms with Gasteiger partial charge in [0.1, 0.15) is 12.6 Å². The van der Waals surface area contributed by atoms with Crippen molar-refractivity contribution in [2.24, 2.45) is 0 Å². The van der Waals surface area contributed by atoms with E-state index in [2.05, 4.69) is 10.1 Å². The van der Waals surface area contributed by atoms with Crippen LogP contribution in [0.15, 0.2) is 0 Å². The monoisotopic (exact) mass is 248 g/mol. The summed E-state index contributed by atoms with van der Waals surface area (Å²) in [7, 11) is 6.38. The van der Waals surface area contributed by atoms with Gasteiger partial charge in [0.05, 0.1) is 7.11 Å². The van der Waals surface area contributed by atoms with Crippen LogP contribution in [0.1, 0.15) is 13.8 Å². The maximum Gasteiger partial charge on any atom is 0.325 e. The fourth-order valence-electron chi connectivity index (χ4n) is 0.941. The molecule has 1 amide bonds. The zero-order valence-corrected chi connectivity index (χ0v) is 11.6. The van der Waals surface area contributed by atoms with Crippen LogP contribution in [0.4, 0.5) is 0 Å². The third kappa shape index (κ3) is 9.77. The number of esters is 1. The molecule has 0 spiro atoms. The highest BCUT2D eigenvalue weighted by atomic mass is 16.5. The molecule has 0 rings (SSSR count). The lowest BCUT2D eigenvalue weighted by atomic mass is 10.3. The molecule has 6 heteroatoms. The van der Waals surface area contributed by atoms with Crippen LogP contribution in [0.3, 0.4) is 0 Å². The third-order valence-electron chi connectivity index (χ3n) is 1.74. The number of rotatable bonds is 6. The molecule has 0 bridgehead atoms. The molecule has 102 valence electrons. The van der Waals surface area contributed by atoms with Crippen LogP contribution >= 0.6 is 0 Å². The maximum atomic E-state index is 11.5. The molecule has 0 aromatic heterocycles. The Labute approximate surface area is 103 Å². The Morgan fingerprint density at radius 2 is 1.76 bits per heavy atom. The third-order valence-corrected chi connectivity index (χ3v) is 1.74. The lowest BCUT2D eigenvalue weighted by Crippen LogP contribution is -2.43. The van der Waals surface area contributed by atoms with Crippen molar-refractivity contribution in [3.8, 4) is 0 Å². The van der Waals surface area contributed by atoms with E-state index in [0.717, 1.165) is 0 Å². The van der Waals surface area contributed by atoms with Crippen molar-refractivity contribution < 1.29 is 19.1 Å². The summed E-state index contributed by atoms with van der Waals surface area (Å²) in [4.78, 5) is 24.0. The van der Waals surface area contributed by atoms with Crippen LogP contribution in [0, 0.1) is 0 Å². The van der Waals surface area contributed by atoms with Gasteiger partial charge < -0.3 is 19.7 Å². The molecule has 0 aliphatic carbocycles. The average molecular weight is 248 g/mol. The largest absolute Gasteiger partial charge is 0.468 e. The fraction of sp³-hybridized carbons (Fsp3) is 0.818. The van der Waals surface area contributed by atoms with Gasteiger partial charge in [-0.3, -0.25) is 9.59 Å². The average Bonchev–Trinajstić information content (AvgIpc) is 2.34. The Hall–Kier alpha value is -1.14. The first-order valence-corrected chi connectivity index (χ1v) is 5.53. The Morgan fingerprint density at radius 1 is 1.24 bits per heavy atom. The van der Waals surface area contributed by atoms with E-state index in [1.165, 1.54) is 14.2 Å². The molecule has 1 atom stereocenters. The van der Waals surface area contributed by atoms with Gasteiger partial charge in [-0.1, -0.05) is 13.8 Å². The molecule has 0 saturated heterocycles. The van der Waals surface area contributed by atoms with Crippen LogP contribution in [0.2, 0.25) is 0 Å². The van der Waals surface area contributed by atoms with E-state index in [4.69, 9.17) is 4.74 Å². The zero-order valence-electron chi connectivity index (χ0n) is 11.6. The summed E-state index contributed by atoms with van der Waals surface area (Å²) in [5, 5.41) is 2.42. The van der Waals surface area contributed by atoms with E-state index >= 15 is 0 Å². The van der Waals surface area contributed by atoms with Gasteiger partial charge in [-0.05, 0) is 14.1 Å². The van der Waals surface area contributed by atoms with E-state index < -0.39 is 12.1 Å². The molecule has 0 saturated carbocycles. The first-order chi connectivity index (χ1) is 8.01. The second-order valence-electron chi connectivity index (χ2n) is 3.28. The molecule has 17 heavy (non-hydrogen) atoms. The molecule has 6 nitrogen and oxygen atoms in total. The Balaban J connectivity index is 0. The van der Waals surface area contributed by atoms with E-state index in [-0.39, 0.29) is 12.5 Å². The summed E-state index contributed by atoms with van der Waals surface area (Å²) < 4.78 is 9.37. The highest BCUT2D eigenvalue weighted by Gasteiger charge is 2.18. The quantitative estimate of drug-likeness (QED) is 0.664. The van der Waals surface area contributed by atoms with Crippen molar-refractivity contribution in [2.75, 3.05) is 41.4 Å². The lowest BCUT2D eigenvalue weighted by molar-refractivity contribution is -0.142. The topological polar surface area (TPSA) is 67.9 Å². The molecule has 0 fully saturated rings. The predicted molar refractivity (Wildman–Crippen MR) is 65.7 cm³/mol. The van der Waals surface area contributed by atoms with Crippen molar-refractivity contribution in [2.45, 2.75) is 20.0 Å². The van der Waals surface area contributed by atoms with Gasteiger partial charge in [0.2, 0.25) is 0 Å². The summed E-state index contributed by atoms with van der Waals surface area (Å²) in [6, 6.07) is 0. The molecule has 0 aromatic rings. The van der Waals surface area contributed by atoms with E-state index in [1.54, 1.807) is 0 Å². The van der Waals surface area contributed by atoms with Crippen LogP contribution in [0.25, 0.3) is 0 Å². The molecule has 0 aromatic carbocycles. The minimum atomic E-state index is -0.579. The Kier molecular flexibility index (Phi) is 12.2. The molecular weight excluding hydrogens is 224 g/mol. The van der Waals surface area contributed by atoms with Crippen molar-refractivity contribution in [3.05, 3.63) is 0 Å². The first-order valence-electron chi connectivity index (χ1n) is 5.53. The number of nitrogens with one attached hydrogen (secondary N) is 1. The number of amides is 1. The van der Waals surface area contributed by atoms with Gasteiger partial charge in [0, 0.05) is 13.7 Å². The van der Waals surface area contributed by atoms with Crippen molar-refractivity contribution >= 4 is 11.9 Å². The standard InChI is InChI=1S/C9H18N2O4.C2H6/c1-11(2)6-7(14-3)9(13)10-5-8(12)15-4;1-2/h7H,5-6H2,1-4H3,(H,10,13);1-2H3. The van der Waals surface area contributed by atoms with E-state index in [0.29, 0.717) is 6.54 Å². The summed E-state index contributed by atoms with van der Waals surface area (Å²) >= 11 is 0. The van der Waals surface area contributed by atoms with Crippen LogP contribution < -0.4 is 5.32 Å². The van der Waals surface area contributed by atoms with E-state index in [9.17, 15) is 9.59 Å². The Morgan fingerprint density at radius 3 is 2.12 bits per heavy atom. The molecule has 0 radical (unpaired) electrons. The number of ether oxygens (including phenoxy) is 2. The number of carbonyl (C=O) groups excluding carboxylic acids is 2. The zero-order chi connectivity index (χ0) is 13.8. The van der Waals surface area contributed by atoms with Gasteiger partial charge >= 0.3 is 5.97 Å². The first kappa shape index (κ1) is 18.2. The summed E-state index contributed by atoms with van der Waals surface area (Å²) in [6.45, 7) is 4.33. The molecule has 0 aliphatic rings. The van der Waals surface area contributed by atoms with Crippen molar-refractivity contribution in [1.29, 1.82) is 0 Å². The minimum absolute atomic E-state index is 0.136. The second-order valence-corrected chi connectivity index (χ2v) is 3.28. The number of carbonyl (C=O) groups is 2. The van der Waals surface area contributed by atoms with E-state index in [1.807, 2.05) is 32.8 Å². The number of nitrogens with zero attached hydrogens (tertiary/aromatic N) is 1. The van der Waals surface area contributed by atoms with Gasteiger partial charge in [-0.15, -0.1) is 0 Å². The minimum Gasteiger partial charge on any atom is -0.468 e. The van der Waals surface area contributed by atoms with Gasteiger partial charge in [0.25, 0.3) is 5.91 Å². The molecule has 1 N–H and O–H groups in total. The summed E-state index contributed by atoms with van der Waals surface area (Å²) in [5.41, 5.74) is 0. The van der Waals surface area contributed by atoms with Crippen molar-refractivity contribution in [1.82, 2.24) is 10.2 Å². The number of methoxy groups -OCH3 is 2. The predicted octanol–water partition coefficient (Wildman–Crippen LogP) is -0.122. The van der Waals surface area contributed by atoms with Gasteiger partial charge in [0.15, 0.2) is 0 Å². The highest BCUT2D eigenvalue weighted by molar-refractivity contribution is 5.85. The van der Waals surface area contributed by atoms with Crippen LogP contribution in [-0.2, 0) is 19.1 Å². The number of hydrogen-bond acceptors (Lipinski definition) is 5. The second kappa shape index (κ2) is 11.3. The van der Waals surface area contributed by atoms with Gasteiger partial charge in [-0.2, -0.15) is 0 Å². The Bertz CT molecular complexity index is 220. The van der Waals surface area contributed by atoms with Crippen LogP contribution in [-0.4, -0.2) is 64.3 Å². The number of likely N-dealkylation sites (N-methyl/N-ethyl adjacent to an activating group) is 1. The van der Waals surface area contributed by atoms with Crippen molar-refractivity contribution in [3.63, 3.8) is 0 Å². The SMILES string of the molecule is CC.COC(=O)CNC(=O)C(CN(C)C)OC. The van der Waals surface area contributed by atoms with Gasteiger partial charge in [-0.25, -0.2) is 0 Å². The lowest BCUT2D eigenvalue weighted by Gasteiger charge is -2.18. The summed E-state index contributed by atoms with van der Waals surface area (Å²) in [5.74, 6) is -0.806. The molecule has 0 heterocycles. The molecule has 1 unspecified atom stereocenters. The molecule has 0 aliphatic heterocycles. The normalized spacial score (nSPS) is 11.2. The highest BCUT2D eigenvalue weighted by Crippen LogP contribution is 1.92. The maximum absolute atomic E-state index is 11.5. The smallest absolute Gasteiger partial charge is 0.325 e. The number of hydrogen-bond donors (Lipinski definition) is 1. The molecular formula is C11H24N2O4. The summed E-state index contributed by atoms with van der Waals surface area (Å²) in [6.07, 6.45) is -0.579.